The topological polar surface area (TPSA) is 64.4 Å². The summed E-state index contributed by atoms with van der Waals surface area (Å²) in [5.74, 6) is -1.18. The summed E-state index contributed by atoms with van der Waals surface area (Å²) in [6, 6.07) is 4.66. The number of carboxylic acid groups (broad SMARTS) is 1. The Balaban J connectivity index is 2.09. The van der Waals surface area contributed by atoms with Crippen LogP contribution in [0.2, 0.25) is 0 Å². The fourth-order valence-electron chi connectivity index (χ4n) is 3.01. The van der Waals surface area contributed by atoms with Gasteiger partial charge in [-0.25, -0.2) is 9.37 Å². The maximum Gasteiger partial charge on any atom is 0.314 e. The number of rotatable bonds is 3. The fourth-order valence-corrected chi connectivity index (χ4v) is 3.01. The summed E-state index contributed by atoms with van der Waals surface area (Å²) < 4.78 is 20.8. The number of halogens is 1. The van der Waals surface area contributed by atoms with E-state index in [9.17, 15) is 14.3 Å². The number of aliphatic carboxylic acids is 1. The molecular formula is C16H17FN2O3. The highest BCUT2D eigenvalue weighted by molar-refractivity contribution is 5.76. The lowest BCUT2D eigenvalue weighted by atomic mass is 9.99. The summed E-state index contributed by atoms with van der Waals surface area (Å²) in [4.78, 5) is 15.9. The smallest absolute Gasteiger partial charge is 0.314 e. The molecule has 1 atom stereocenters. The molecule has 0 saturated carbocycles. The minimum atomic E-state index is -0.863. The normalized spacial score (nSPS) is 17.1. The third kappa shape index (κ3) is 2.24. The van der Waals surface area contributed by atoms with Crippen LogP contribution in [0.1, 0.15) is 30.3 Å². The molecule has 1 aliphatic rings. The molecule has 0 bridgehead atoms. The van der Waals surface area contributed by atoms with E-state index in [0.717, 1.165) is 18.7 Å². The SMILES string of the molecule is COc1ccc(-c2nc3n(c2C)CCCC3C(=O)O)cc1F. The maximum atomic E-state index is 13.9. The van der Waals surface area contributed by atoms with Crippen LogP contribution in [0.25, 0.3) is 11.3 Å². The highest BCUT2D eigenvalue weighted by atomic mass is 19.1. The van der Waals surface area contributed by atoms with E-state index in [1.54, 1.807) is 12.1 Å². The molecular weight excluding hydrogens is 287 g/mol. The fraction of sp³-hybridized carbons (Fsp3) is 0.375. The number of nitrogens with zero attached hydrogens (tertiary/aromatic N) is 2. The zero-order valence-electron chi connectivity index (χ0n) is 12.5. The quantitative estimate of drug-likeness (QED) is 0.947. The second-order valence-electron chi connectivity index (χ2n) is 5.44. The summed E-state index contributed by atoms with van der Waals surface area (Å²) in [6.45, 7) is 2.63. The van der Waals surface area contributed by atoms with Crippen LogP contribution in [0.3, 0.4) is 0 Å². The van der Waals surface area contributed by atoms with Gasteiger partial charge in [0, 0.05) is 17.8 Å². The van der Waals surface area contributed by atoms with Crippen LogP contribution >= 0.6 is 0 Å². The van der Waals surface area contributed by atoms with E-state index >= 15 is 0 Å². The molecule has 0 saturated heterocycles. The van der Waals surface area contributed by atoms with Crippen molar-refractivity contribution in [2.75, 3.05) is 7.11 Å². The third-order valence-electron chi connectivity index (χ3n) is 4.16. The van der Waals surface area contributed by atoms with Crippen LogP contribution in [-0.4, -0.2) is 27.7 Å². The van der Waals surface area contributed by atoms with E-state index < -0.39 is 17.7 Å². The van der Waals surface area contributed by atoms with Gasteiger partial charge >= 0.3 is 5.97 Å². The van der Waals surface area contributed by atoms with Crippen molar-refractivity contribution in [2.24, 2.45) is 0 Å². The molecule has 1 aromatic carbocycles. The van der Waals surface area contributed by atoms with Crippen LogP contribution < -0.4 is 4.74 Å². The van der Waals surface area contributed by atoms with Crippen molar-refractivity contribution in [3.63, 3.8) is 0 Å². The van der Waals surface area contributed by atoms with Crippen LogP contribution in [0.5, 0.6) is 5.75 Å². The predicted molar refractivity (Wildman–Crippen MR) is 78.5 cm³/mol. The Kier molecular flexibility index (Phi) is 3.60. The number of carbonyl (C=O) groups is 1. The molecule has 0 fully saturated rings. The van der Waals surface area contributed by atoms with Gasteiger partial charge in [0.05, 0.1) is 12.8 Å². The van der Waals surface area contributed by atoms with Crippen LogP contribution in [0, 0.1) is 12.7 Å². The summed E-state index contributed by atoms with van der Waals surface area (Å²) >= 11 is 0. The van der Waals surface area contributed by atoms with Crippen molar-refractivity contribution in [3.05, 3.63) is 35.5 Å². The summed E-state index contributed by atoms with van der Waals surface area (Å²) in [6.07, 6.45) is 1.39. The molecule has 0 amide bonds. The first-order valence-electron chi connectivity index (χ1n) is 7.16. The average Bonchev–Trinajstić information content (AvgIpc) is 2.84. The number of ether oxygens (including phenoxy) is 1. The first-order chi connectivity index (χ1) is 10.5. The van der Waals surface area contributed by atoms with Gasteiger partial charge in [0.2, 0.25) is 0 Å². The Morgan fingerprint density at radius 2 is 2.27 bits per heavy atom. The Morgan fingerprint density at radius 3 is 2.91 bits per heavy atom. The number of carboxylic acids is 1. The second-order valence-corrected chi connectivity index (χ2v) is 5.44. The van der Waals surface area contributed by atoms with Crippen molar-refractivity contribution < 1.29 is 19.0 Å². The lowest BCUT2D eigenvalue weighted by molar-refractivity contribution is -0.139. The first kappa shape index (κ1) is 14.6. The summed E-state index contributed by atoms with van der Waals surface area (Å²) in [5.41, 5.74) is 2.12. The van der Waals surface area contributed by atoms with Crippen LogP contribution in [0.4, 0.5) is 4.39 Å². The molecule has 2 heterocycles. The minimum absolute atomic E-state index is 0.175. The Bertz CT molecular complexity index is 739. The molecule has 1 aliphatic heterocycles. The van der Waals surface area contributed by atoms with Gasteiger partial charge in [0.15, 0.2) is 11.6 Å². The number of methoxy groups -OCH3 is 1. The van der Waals surface area contributed by atoms with E-state index in [1.807, 2.05) is 11.5 Å². The lowest BCUT2D eigenvalue weighted by Gasteiger charge is -2.20. The molecule has 22 heavy (non-hydrogen) atoms. The molecule has 116 valence electrons. The number of aromatic nitrogens is 2. The predicted octanol–water partition coefficient (Wildman–Crippen LogP) is 2.97. The molecule has 0 spiro atoms. The Morgan fingerprint density at radius 1 is 1.50 bits per heavy atom. The molecule has 0 radical (unpaired) electrons. The molecule has 1 aromatic heterocycles. The van der Waals surface area contributed by atoms with Gasteiger partial charge in [-0.1, -0.05) is 0 Å². The number of benzene rings is 1. The minimum Gasteiger partial charge on any atom is -0.494 e. The highest BCUT2D eigenvalue weighted by Crippen LogP contribution is 2.34. The average molecular weight is 304 g/mol. The van der Waals surface area contributed by atoms with Crippen molar-refractivity contribution in [1.82, 2.24) is 9.55 Å². The number of hydrogen-bond acceptors (Lipinski definition) is 3. The van der Waals surface area contributed by atoms with Crippen LogP contribution in [-0.2, 0) is 11.3 Å². The standard InChI is InChI=1S/C16H17FN2O3/c1-9-14(10-5-6-13(22-2)12(17)8-10)18-15-11(16(20)21)4-3-7-19(9)15/h5-6,8,11H,3-4,7H2,1-2H3,(H,20,21). The molecule has 3 rings (SSSR count). The summed E-state index contributed by atoms with van der Waals surface area (Å²) in [7, 11) is 1.41. The van der Waals surface area contributed by atoms with Gasteiger partial charge in [-0.2, -0.15) is 0 Å². The monoisotopic (exact) mass is 304 g/mol. The van der Waals surface area contributed by atoms with E-state index in [0.29, 0.717) is 23.5 Å². The van der Waals surface area contributed by atoms with E-state index in [-0.39, 0.29) is 5.75 Å². The van der Waals surface area contributed by atoms with Crippen molar-refractivity contribution in [2.45, 2.75) is 32.2 Å². The van der Waals surface area contributed by atoms with Crippen molar-refractivity contribution in [3.8, 4) is 17.0 Å². The number of fused-ring (bicyclic) bond motifs is 1. The molecule has 5 nitrogen and oxygen atoms in total. The lowest BCUT2D eigenvalue weighted by Crippen LogP contribution is -2.22. The van der Waals surface area contributed by atoms with Gasteiger partial charge in [0.25, 0.3) is 0 Å². The van der Waals surface area contributed by atoms with Gasteiger partial charge in [-0.15, -0.1) is 0 Å². The highest BCUT2D eigenvalue weighted by Gasteiger charge is 2.30. The van der Waals surface area contributed by atoms with Gasteiger partial charge in [0.1, 0.15) is 11.7 Å². The molecule has 1 unspecified atom stereocenters. The zero-order valence-corrected chi connectivity index (χ0v) is 12.5. The molecule has 1 N–H and O–H groups in total. The van der Waals surface area contributed by atoms with E-state index in [4.69, 9.17) is 4.74 Å². The summed E-state index contributed by atoms with van der Waals surface area (Å²) in [5, 5.41) is 9.34. The van der Waals surface area contributed by atoms with Gasteiger partial charge in [-0.05, 0) is 38.0 Å². The third-order valence-corrected chi connectivity index (χ3v) is 4.16. The molecule has 2 aromatic rings. The molecule has 6 heteroatoms. The van der Waals surface area contributed by atoms with Crippen LogP contribution in [0.15, 0.2) is 18.2 Å². The van der Waals surface area contributed by atoms with E-state index in [2.05, 4.69) is 4.98 Å². The second kappa shape index (κ2) is 5.44. The largest absolute Gasteiger partial charge is 0.494 e. The molecule has 0 aliphatic carbocycles. The Labute approximate surface area is 127 Å². The first-order valence-corrected chi connectivity index (χ1v) is 7.16. The van der Waals surface area contributed by atoms with Crippen molar-refractivity contribution >= 4 is 5.97 Å². The Hall–Kier alpha value is -2.37. The van der Waals surface area contributed by atoms with Gasteiger partial charge < -0.3 is 14.4 Å². The number of hydrogen-bond donors (Lipinski definition) is 1. The van der Waals surface area contributed by atoms with E-state index in [1.165, 1.54) is 13.2 Å². The van der Waals surface area contributed by atoms with Gasteiger partial charge in [-0.3, -0.25) is 4.79 Å². The zero-order chi connectivity index (χ0) is 15.9. The van der Waals surface area contributed by atoms with Crippen molar-refractivity contribution in [1.29, 1.82) is 0 Å². The maximum absolute atomic E-state index is 13.9. The number of imidazole rings is 1.